The Kier molecular flexibility index (Phi) is 13.9. The number of benzene rings is 4. The number of piperazine rings is 1. The minimum Gasteiger partial charge on any atom is -0.493 e. The van der Waals surface area contributed by atoms with Crippen LogP contribution in [0.25, 0.3) is 6.08 Å². The molecule has 0 N–H and O–H groups in total. The maximum atomic E-state index is 13.1. The fraction of sp³-hybridized carbons (Fsp3) is 0.256. The van der Waals surface area contributed by atoms with E-state index in [0.29, 0.717) is 54.5 Å². The molecule has 0 saturated carbocycles. The van der Waals surface area contributed by atoms with Gasteiger partial charge in [-0.05, 0) is 103 Å². The van der Waals surface area contributed by atoms with Crippen molar-refractivity contribution in [1.29, 1.82) is 0 Å². The van der Waals surface area contributed by atoms with Gasteiger partial charge < -0.3 is 19.1 Å². The van der Waals surface area contributed by atoms with Crippen molar-refractivity contribution in [2.45, 2.75) is 40.3 Å². The average Bonchev–Trinajstić information content (AvgIpc) is 3.14. The third kappa shape index (κ3) is 11.3. The van der Waals surface area contributed by atoms with Crippen molar-refractivity contribution in [3.63, 3.8) is 0 Å². The zero-order valence-electron chi connectivity index (χ0n) is 30.2. The Bertz CT molecular complexity index is 1970. The van der Waals surface area contributed by atoms with Gasteiger partial charge in [0, 0.05) is 51.3 Å². The smallest absolute Gasteiger partial charge is 0.246 e. The summed E-state index contributed by atoms with van der Waals surface area (Å²) in [6, 6.07) is 28.2. The first-order valence-corrected chi connectivity index (χ1v) is 17.8. The van der Waals surface area contributed by atoms with Crippen LogP contribution in [0.1, 0.15) is 38.9 Å². The molecule has 0 spiro atoms. The number of carbonyl (C=O) groups is 1. The summed E-state index contributed by atoms with van der Waals surface area (Å²) in [6.45, 7) is 10.8. The summed E-state index contributed by atoms with van der Waals surface area (Å²) < 4.78 is 30.8. The lowest BCUT2D eigenvalue weighted by molar-refractivity contribution is -0.127. The van der Waals surface area contributed by atoms with Crippen LogP contribution in [-0.4, -0.2) is 53.5 Å². The van der Waals surface area contributed by atoms with Crippen LogP contribution in [0.15, 0.2) is 103 Å². The number of halogens is 3. The van der Waals surface area contributed by atoms with Gasteiger partial charge in [-0.15, -0.1) is 12.4 Å². The number of carbonyl (C=O) groups excluding carboxylic acids is 1. The number of aryl methyl sites for hydroxylation is 3. The Balaban J connectivity index is 0.00000541. The van der Waals surface area contributed by atoms with E-state index in [1.807, 2.05) is 36.1 Å². The lowest BCUT2D eigenvalue weighted by atomic mass is 10.0. The summed E-state index contributed by atoms with van der Waals surface area (Å²) >= 11 is 6.63. The van der Waals surface area contributed by atoms with Crippen LogP contribution < -0.4 is 14.2 Å². The van der Waals surface area contributed by atoms with E-state index < -0.39 is 0 Å². The van der Waals surface area contributed by atoms with Crippen LogP contribution in [0.5, 0.6) is 23.1 Å². The zero-order chi connectivity index (χ0) is 36.5. The lowest BCUT2D eigenvalue weighted by Crippen LogP contribution is -2.47. The van der Waals surface area contributed by atoms with Crippen molar-refractivity contribution in [2.75, 3.05) is 32.8 Å². The largest absolute Gasteiger partial charge is 0.493 e. The summed E-state index contributed by atoms with van der Waals surface area (Å²) in [7, 11) is 0. The van der Waals surface area contributed by atoms with Crippen molar-refractivity contribution < 1.29 is 23.4 Å². The third-order valence-electron chi connectivity index (χ3n) is 9.06. The zero-order valence-corrected chi connectivity index (χ0v) is 31.8. The standard InChI is InChI=1S/C43H43ClFN3O4.ClH/c1-30-4-6-33(7-5-30)29-51-39-15-16-41(46-27-39)52-43-32(3)25-34(26-40(43)44)9-17-42(49)48-21-19-47(20-22-48)28-35-8-10-36(31(2)24-35)18-23-50-38-13-11-37(45)12-14-38;/h4-17,24-27H,18-23,28-29H2,1-3H3;1H/b17-9+;. The van der Waals surface area contributed by atoms with Gasteiger partial charge >= 0.3 is 0 Å². The van der Waals surface area contributed by atoms with Gasteiger partial charge in [0.2, 0.25) is 11.8 Å². The van der Waals surface area contributed by atoms with E-state index in [-0.39, 0.29) is 24.1 Å². The van der Waals surface area contributed by atoms with E-state index in [4.69, 9.17) is 25.8 Å². The van der Waals surface area contributed by atoms with E-state index in [1.54, 1.807) is 42.6 Å². The van der Waals surface area contributed by atoms with Crippen molar-refractivity contribution in [1.82, 2.24) is 14.8 Å². The molecule has 0 atom stereocenters. The van der Waals surface area contributed by atoms with Crippen LogP contribution >= 0.6 is 24.0 Å². The molecule has 53 heavy (non-hydrogen) atoms. The molecule has 1 aliphatic heterocycles. The average molecular weight is 757 g/mol. The van der Waals surface area contributed by atoms with Gasteiger partial charge in [0.25, 0.3) is 0 Å². The number of rotatable bonds is 13. The van der Waals surface area contributed by atoms with Gasteiger partial charge in [0.15, 0.2) is 5.75 Å². The summed E-state index contributed by atoms with van der Waals surface area (Å²) in [4.78, 5) is 21.7. The highest BCUT2D eigenvalue weighted by atomic mass is 35.5. The second kappa shape index (κ2) is 18.7. The highest BCUT2D eigenvalue weighted by Crippen LogP contribution is 2.34. The molecule has 276 valence electrons. The van der Waals surface area contributed by atoms with Crippen molar-refractivity contribution in [2.24, 2.45) is 0 Å². The molecular formula is C43H44Cl2FN3O4. The molecule has 4 aromatic carbocycles. The van der Waals surface area contributed by atoms with E-state index in [1.165, 1.54) is 34.4 Å². The second-order valence-electron chi connectivity index (χ2n) is 13.1. The van der Waals surface area contributed by atoms with Crippen LogP contribution in [0.3, 0.4) is 0 Å². The first-order valence-electron chi connectivity index (χ1n) is 17.5. The second-order valence-corrected chi connectivity index (χ2v) is 13.5. The monoisotopic (exact) mass is 755 g/mol. The molecule has 2 heterocycles. The maximum Gasteiger partial charge on any atom is 0.246 e. The quantitative estimate of drug-likeness (QED) is 0.112. The van der Waals surface area contributed by atoms with Crippen molar-refractivity contribution in [3.8, 4) is 23.1 Å². The van der Waals surface area contributed by atoms with E-state index >= 15 is 0 Å². The maximum absolute atomic E-state index is 13.1. The molecule has 0 unspecified atom stereocenters. The van der Waals surface area contributed by atoms with Crippen LogP contribution in [0.4, 0.5) is 4.39 Å². The molecule has 0 bridgehead atoms. The molecule has 6 rings (SSSR count). The number of ether oxygens (including phenoxy) is 3. The Hall–Kier alpha value is -4.89. The molecule has 0 radical (unpaired) electrons. The minimum atomic E-state index is -0.271. The van der Waals surface area contributed by atoms with Crippen LogP contribution in [0, 0.1) is 26.6 Å². The Labute approximate surface area is 322 Å². The summed E-state index contributed by atoms with van der Waals surface area (Å²) in [5.74, 6) is 1.94. The van der Waals surface area contributed by atoms with E-state index in [9.17, 15) is 9.18 Å². The Morgan fingerprint density at radius 2 is 1.55 bits per heavy atom. The first kappa shape index (κ1) is 39.3. The summed E-state index contributed by atoms with van der Waals surface area (Å²) in [5, 5.41) is 0.434. The highest BCUT2D eigenvalue weighted by molar-refractivity contribution is 6.32. The molecule has 10 heteroatoms. The molecule has 1 aromatic heterocycles. The molecule has 5 aromatic rings. The van der Waals surface area contributed by atoms with Gasteiger partial charge in [-0.1, -0.05) is 59.6 Å². The molecule has 1 aliphatic rings. The SMILES string of the molecule is Cc1ccc(COc2ccc(Oc3c(C)cc(/C=C/C(=O)N4CCN(Cc5ccc(CCOc6ccc(F)cc6)c(C)c5)CC4)cc3Cl)nc2)cc1.Cl. The number of amides is 1. The third-order valence-corrected chi connectivity index (χ3v) is 9.34. The van der Waals surface area contributed by atoms with E-state index in [2.05, 4.69) is 54.1 Å². The normalized spacial score (nSPS) is 13.1. The molecule has 1 saturated heterocycles. The van der Waals surface area contributed by atoms with Gasteiger partial charge in [-0.3, -0.25) is 9.69 Å². The molecule has 7 nitrogen and oxygen atoms in total. The number of pyridine rings is 1. The fourth-order valence-electron chi connectivity index (χ4n) is 6.05. The topological polar surface area (TPSA) is 64.1 Å². The minimum absolute atomic E-state index is 0. The summed E-state index contributed by atoms with van der Waals surface area (Å²) in [5.41, 5.74) is 7.64. The fourth-order valence-corrected chi connectivity index (χ4v) is 6.37. The van der Waals surface area contributed by atoms with Crippen molar-refractivity contribution in [3.05, 3.63) is 153 Å². The van der Waals surface area contributed by atoms with Gasteiger partial charge in [0.05, 0.1) is 17.8 Å². The number of hydrogen-bond donors (Lipinski definition) is 0. The molecular weight excluding hydrogens is 712 g/mol. The molecule has 1 amide bonds. The Morgan fingerprint density at radius 3 is 2.23 bits per heavy atom. The summed E-state index contributed by atoms with van der Waals surface area (Å²) in [6.07, 6.45) is 5.82. The number of aromatic nitrogens is 1. The van der Waals surface area contributed by atoms with E-state index in [0.717, 1.165) is 42.7 Å². The van der Waals surface area contributed by atoms with Gasteiger partial charge in [-0.2, -0.15) is 0 Å². The Morgan fingerprint density at radius 1 is 0.830 bits per heavy atom. The molecule has 0 aliphatic carbocycles. The number of nitrogens with zero attached hydrogens (tertiary/aromatic N) is 3. The first-order chi connectivity index (χ1) is 25.2. The molecule has 1 fully saturated rings. The number of hydrogen-bond acceptors (Lipinski definition) is 6. The predicted octanol–water partition coefficient (Wildman–Crippen LogP) is 9.57. The lowest BCUT2D eigenvalue weighted by Gasteiger charge is -2.34. The van der Waals surface area contributed by atoms with Crippen LogP contribution in [-0.2, 0) is 24.4 Å². The highest BCUT2D eigenvalue weighted by Gasteiger charge is 2.20. The predicted molar refractivity (Wildman–Crippen MR) is 211 cm³/mol. The van der Waals surface area contributed by atoms with Crippen LogP contribution in [0.2, 0.25) is 5.02 Å². The van der Waals surface area contributed by atoms with Gasteiger partial charge in [-0.25, -0.2) is 9.37 Å². The van der Waals surface area contributed by atoms with Crippen molar-refractivity contribution >= 4 is 36.0 Å². The van der Waals surface area contributed by atoms with Gasteiger partial charge in [0.1, 0.15) is 23.9 Å².